The second-order valence-corrected chi connectivity index (χ2v) is 7.71. The van der Waals surface area contributed by atoms with Crippen molar-refractivity contribution in [3.8, 4) is 11.6 Å². The highest BCUT2D eigenvalue weighted by atomic mass is 16.5. The van der Waals surface area contributed by atoms with Gasteiger partial charge in [0.2, 0.25) is 0 Å². The van der Waals surface area contributed by atoms with Crippen LogP contribution in [-0.2, 0) is 6.42 Å². The van der Waals surface area contributed by atoms with E-state index in [1.807, 2.05) is 48.4 Å². The van der Waals surface area contributed by atoms with E-state index in [9.17, 15) is 4.79 Å². The van der Waals surface area contributed by atoms with E-state index in [1.54, 1.807) is 17.1 Å². The lowest BCUT2D eigenvalue weighted by Crippen LogP contribution is -2.38. The lowest BCUT2D eigenvalue weighted by molar-refractivity contribution is 0.0686. The molecule has 1 saturated heterocycles. The SMILES string of the molecule is CCOc1ccc(CCC2CCN(C(=O)c3ccc(-n4cccn4)nc3)CC2)cc1. The van der Waals surface area contributed by atoms with E-state index >= 15 is 0 Å². The third-order valence-corrected chi connectivity index (χ3v) is 5.71. The van der Waals surface area contributed by atoms with Gasteiger partial charge in [-0.25, -0.2) is 9.67 Å². The van der Waals surface area contributed by atoms with E-state index < -0.39 is 0 Å². The topological polar surface area (TPSA) is 60.2 Å². The minimum atomic E-state index is 0.0690. The molecule has 0 aliphatic carbocycles. The molecule has 0 radical (unpaired) electrons. The number of rotatable bonds is 7. The maximum Gasteiger partial charge on any atom is 0.255 e. The number of pyridine rings is 1. The molecular weight excluding hydrogens is 376 g/mol. The molecule has 6 nitrogen and oxygen atoms in total. The van der Waals surface area contributed by atoms with Crippen LogP contribution in [0.5, 0.6) is 5.75 Å². The van der Waals surface area contributed by atoms with Crippen molar-refractivity contribution >= 4 is 5.91 Å². The summed E-state index contributed by atoms with van der Waals surface area (Å²) in [5.74, 6) is 2.38. The van der Waals surface area contributed by atoms with Crippen LogP contribution in [0.25, 0.3) is 5.82 Å². The van der Waals surface area contributed by atoms with E-state index in [0.717, 1.165) is 44.5 Å². The molecule has 2 aromatic heterocycles. The first-order valence-electron chi connectivity index (χ1n) is 10.7. The van der Waals surface area contributed by atoms with Crippen LogP contribution in [0, 0.1) is 5.92 Å². The number of amides is 1. The minimum absolute atomic E-state index is 0.0690. The van der Waals surface area contributed by atoms with Crippen molar-refractivity contribution in [2.45, 2.75) is 32.6 Å². The molecule has 1 amide bonds. The van der Waals surface area contributed by atoms with Gasteiger partial charge in [0.15, 0.2) is 5.82 Å². The summed E-state index contributed by atoms with van der Waals surface area (Å²) in [7, 11) is 0. The number of aromatic nitrogens is 3. The molecule has 0 saturated carbocycles. The third-order valence-electron chi connectivity index (χ3n) is 5.71. The molecule has 1 aliphatic rings. The number of nitrogens with zero attached hydrogens (tertiary/aromatic N) is 4. The first kappa shape index (κ1) is 20.1. The molecule has 0 N–H and O–H groups in total. The molecule has 4 rings (SSSR count). The van der Waals surface area contributed by atoms with Gasteiger partial charge in [-0.3, -0.25) is 4.79 Å². The van der Waals surface area contributed by atoms with Crippen molar-refractivity contribution in [3.05, 3.63) is 72.2 Å². The van der Waals surface area contributed by atoms with Crippen LogP contribution in [0.4, 0.5) is 0 Å². The number of ether oxygens (including phenoxy) is 1. The van der Waals surface area contributed by atoms with Gasteiger partial charge < -0.3 is 9.64 Å². The van der Waals surface area contributed by atoms with Crippen molar-refractivity contribution < 1.29 is 9.53 Å². The van der Waals surface area contributed by atoms with E-state index in [4.69, 9.17) is 4.74 Å². The Hall–Kier alpha value is -3.15. The standard InChI is InChI=1S/C24H28N4O2/c1-2-30-22-9-6-19(7-10-22)4-5-20-12-16-27(17-13-20)24(29)21-8-11-23(25-18-21)28-15-3-14-26-28/h3,6-11,14-15,18,20H,2,4-5,12-13,16-17H2,1H3. The van der Waals surface area contributed by atoms with Gasteiger partial charge in [0, 0.05) is 31.7 Å². The molecular formula is C24H28N4O2. The minimum Gasteiger partial charge on any atom is -0.494 e. The van der Waals surface area contributed by atoms with Crippen molar-refractivity contribution in [1.29, 1.82) is 0 Å². The Morgan fingerprint density at radius 1 is 1.13 bits per heavy atom. The summed E-state index contributed by atoms with van der Waals surface area (Å²) < 4.78 is 7.19. The monoisotopic (exact) mass is 404 g/mol. The summed E-state index contributed by atoms with van der Waals surface area (Å²) in [6.45, 7) is 4.32. The molecule has 1 fully saturated rings. The number of piperidine rings is 1. The Morgan fingerprint density at radius 2 is 1.93 bits per heavy atom. The second-order valence-electron chi connectivity index (χ2n) is 7.71. The van der Waals surface area contributed by atoms with Crippen molar-refractivity contribution in [2.24, 2.45) is 5.92 Å². The number of aryl methyl sites for hydroxylation is 1. The van der Waals surface area contributed by atoms with Crippen LogP contribution >= 0.6 is 0 Å². The predicted octanol–water partition coefficient (Wildman–Crippen LogP) is 4.15. The molecule has 0 unspecified atom stereocenters. The quantitative estimate of drug-likeness (QED) is 0.594. The molecule has 0 bridgehead atoms. The Balaban J connectivity index is 1.25. The maximum absolute atomic E-state index is 12.8. The van der Waals surface area contributed by atoms with Crippen LogP contribution in [0.2, 0.25) is 0 Å². The van der Waals surface area contributed by atoms with E-state index in [0.29, 0.717) is 23.9 Å². The van der Waals surface area contributed by atoms with Crippen LogP contribution in [-0.4, -0.2) is 45.3 Å². The van der Waals surface area contributed by atoms with E-state index in [2.05, 4.69) is 22.2 Å². The Bertz CT molecular complexity index is 928. The summed E-state index contributed by atoms with van der Waals surface area (Å²) >= 11 is 0. The molecule has 156 valence electrons. The maximum atomic E-state index is 12.8. The van der Waals surface area contributed by atoms with E-state index in [-0.39, 0.29) is 5.91 Å². The lowest BCUT2D eigenvalue weighted by Gasteiger charge is -2.32. The van der Waals surface area contributed by atoms with Crippen LogP contribution in [0.15, 0.2) is 61.1 Å². The highest BCUT2D eigenvalue weighted by Gasteiger charge is 2.23. The molecule has 0 spiro atoms. The third kappa shape index (κ3) is 4.87. The van der Waals surface area contributed by atoms with E-state index in [1.165, 1.54) is 5.56 Å². The molecule has 30 heavy (non-hydrogen) atoms. The zero-order chi connectivity index (χ0) is 20.8. The predicted molar refractivity (Wildman–Crippen MR) is 116 cm³/mol. The number of benzene rings is 1. The summed E-state index contributed by atoms with van der Waals surface area (Å²) in [5.41, 5.74) is 1.99. The molecule has 1 aromatic carbocycles. The van der Waals surface area contributed by atoms with Crippen LogP contribution < -0.4 is 4.74 Å². The Kier molecular flexibility index (Phi) is 6.42. The molecule has 3 heterocycles. The number of carbonyl (C=O) groups is 1. The Morgan fingerprint density at radius 3 is 2.57 bits per heavy atom. The van der Waals surface area contributed by atoms with Crippen molar-refractivity contribution in [1.82, 2.24) is 19.7 Å². The highest BCUT2D eigenvalue weighted by Crippen LogP contribution is 2.24. The summed E-state index contributed by atoms with van der Waals surface area (Å²) in [6.07, 6.45) is 9.54. The molecule has 0 atom stereocenters. The van der Waals surface area contributed by atoms with Gasteiger partial charge >= 0.3 is 0 Å². The summed E-state index contributed by atoms with van der Waals surface area (Å²) in [4.78, 5) is 19.2. The van der Waals surface area contributed by atoms with Gasteiger partial charge in [0.1, 0.15) is 5.75 Å². The average Bonchev–Trinajstić information content (AvgIpc) is 3.34. The fourth-order valence-corrected chi connectivity index (χ4v) is 3.95. The number of likely N-dealkylation sites (tertiary alicyclic amines) is 1. The molecule has 6 heteroatoms. The summed E-state index contributed by atoms with van der Waals surface area (Å²) in [6, 6.07) is 13.9. The van der Waals surface area contributed by atoms with Gasteiger partial charge in [-0.2, -0.15) is 5.10 Å². The first-order valence-corrected chi connectivity index (χ1v) is 10.7. The van der Waals surface area contributed by atoms with Crippen LogP contribution in [0.1, 0.15) is 42.1 Å². The molecule has 1 aliphatic heterocycles. The number of hydrogen-bond donors (Lipinski definition) is 0. The van der Waals surface area contributed by atoms with Gasteiger partial charge in [-0.15, -0.1) is 0 Å². The number of hydrogen-bond acceptors (Lipinski definition) is 4. The average molecular weight is 405 g/mol. The van der Waals surface area contributed by atoms with Crippen molar-refractivity contribution in [3.63, 3.8) is 0 Å². The van der Waals surface area contributed by atoms with Crippen molar-refractivity contribution in [2.75, 3.05) is 19.7 Å². The largest absolute Gasteiger partial charge is 0.494 e. The van der Waals surface area contributed by atoms with Gasteiger partial charge in [0.25, 0.3) is 5.91 Å². The number of carbonyl (C=O) groups excluding carboxylic acids is 1. The second kappa shape index (κ2) is 9.57. The smallest absolute Gasteiger partial charge is 0.255 e. The normalized spacial score (nSPS) is 14.6. The first-order chi connectivity index (χ1) is 14.7. The zero-order valence-corrected chi connectivity index (χ0v) is 17.4. The fourth-order valence-electron chi connectivity index (χ4n) is 3.95. The zero-order valence-electron chi connectivity index (χ0n) is 17.4. The molecule has 3 aromatic rings. The fraction of sp³-hybridized carbons (Fsp3) is 0.375. The van der Waals surface area contributed by atoms with Gasteiger partial charge in [-0.1, -0.05) is 12.1 Å². The Labute approximate surface area is 177 Å². The summed E-state index contributed by atoms with van der Waals surface area (Å²) in [5, 5.41) is 4.16. The van der Waals surface area contributed by atoms with Gasteiger partial charge in [-0.05, 0) is 74.4 Å². The highest BCUT2D eigenvalue weighted by molar-refractivity contribution is 5.94. The lowest BCUT2D eigenvalue weighted by atomic mass is 9.90. The van der Waals surface area contributed by atoms with Gasteiger partial charge in [0.05, 0.1) is 12.2 Å². The van der Waals surface area contributed by atoms with Crippen LogP contribution in [0.3, 0.4) is 0 Å².